The number of amides is 2. The van der Waals surface area contributed by atoms with Crippen molar-refractivity contribution >= 4 is 11.8 Å². The maximum Gasteiger partial charge on any atom is 0.309 e. The van der Waals surface area contributed by atoms with Crippen LogP contribution in [0, 0.1) is 11.6 Å². The van der Waals surface area contributed by atoms with Crippen LogP contribution < -0.4 is 10.6 Å². The van der Waals surface area contributed by atoms with Gasteiger partial charge in [-0.25, -0.2) is 8.78 Å². The van der Waals surface area contributed by atoms with Crippen molar-refractivity contribution in [3.8, 4) is 0 Å². The van der Waals surface area contributed by atoms with Gasteiger partial charge in [0.25, 0.3) is 0 Å². The largest absolute Gasteiger partial charge is 0.384 e. The van der Waals surface area contributed by atoms with Crippen molar-refractivity contribution in [2.75, 3.05) is 6.54 Å². The number of halogens is 2. The van der Waals surface area contributed by atoms with Gasteiger partial charge in [-0.2, -0.15) is 0 Å². The van der Waals surface area contributed by atoms with Gasteiger partial charge in [0, 0.05) is 6.54 Å². The predicted octanol–water partition coefficient (Wildman–Crippen LogP) is 1.60. The molecule has 1 atom stereocenters. The summed E-state index contributed by atoms with van der Waals surface area (Å²) in [7, 11) is 0. The van der Waals surface area contributed by atoms with Crippen LogP contribution in [0.3, 0.4) is 0 Å². The lowest BCUT2D eigenvalue weighted by molar-refractivity contribution is -0.139. The van der Waals surface area contributed by atoms with Gasteiger partial charge >= 0.3 is 11.8 Å². The average Bonchev–Trinajstić information content (AvgIpc) is 2.59. The average molecular weight is 348 g/mol. The van der Waals surface area contributed by atoms with Crippen LogP contribution in [0.25, 0.3) is 0 Å². The van der Waals surface area contributed by atoms with Gasteiger partial charge in [0.05, 0.1) is 6.54 Å². The van der Waals surface area contributed by atoms with E-state index in [2.05, 4.69) is 10.6 Å². The van der Waals surface area contributed by atoms with Gasteiger partial charge in [0.2, 0.25) is 0 Å². The number of carbonyl (C=O) groups is 2. The number of carbonyl (C=O) groups excluding carboxylic acids is 2. The monoisotopic (exact) mass is 348 g/mol. The Morgan fingerprint density at radius 1 is 0.920 bits per heavy atom. The van der Waals surface area contributed by atoms with Crippen molar-refractivity contribution in [1.82, 2.24) is 10.6 Å². The summed E-state index contributed by atoms with van der Waals surface area (Å²) < 4.78 is 25.7. The number of rotatable bonds is 5. The summed E-state index contributed by atoms with van der Waals surface area (Å²) in [6.45, 7) is 1.29. The van der Waals surface area contributed by atoms with Crippen molar-refractivity contribution in [3.63, 3.8) is 0 Å². The normalized spacial score (nSPS) is 13.0. The molecular formula is C18H18F2N2O3. The Kier molecular flexibility index (Phi) is 5.82. The second kappa shape index (κ2) is 7.85. The van der Waals surface area contributed by atoms with Crippen molar-refractivity contribution in [1.29, 1.82) is 0 Å². The van der Waals surface area contributed by atoms with E-state index in [1.165, 1.54) is 55.5 Å². The predicted molar refractivity (Wildman–Crippen MR) is 87.2 cm³/mol. The molecule has 1 unspecified atom stereocenters. The zero-order chi connectivity index (χ0) is 18.4. The van der Waals surface area contributed by atoms with Crippen LogP contribution in [0.4, 0.5) is 8.78 Å². The highest BCUT2D eigenvalue weighted by molar-refractivity contribution is 6.35. The van der Waals surface area contributed by atoms with Gasteiger partial charge in [0.15, 0.2) is 0 Å². The summed E-state index contributed by atoms with van der Waals surface area (Å²) in [6.07, 6.45) is 0. The molecule has 2 rings (SSSR count). The number of hydrogen-bond acceptors (Lipinski definition) is 3. The Morgan fingerprint density at radius 3 is 1.96 bits per heavy atom. The second-order valence-corrected chi connectivity index (χ2v) is 5.77. The van der Waals surface area contributed by atoms with Crippen molar-refractivity contribution in [2.45, 2.75) is 19.1 Å². The molecule has 2 aromatic rings. The van der Waals surface area contributed by atoms with Gasteiger partial charge in [0.1, 0.15) is 17.2 Å². The fraction of sp³-hybridized carbons (Fsp3) is 0.222. The summed E-state index contributed by atoms with van der Waals surface area (Å²) in [5, 5.41) is 15.1. The summed E-state index contributed by atoms with van der Waals surface area (Å²) >= 11 is 0. The number of benzene rings is 2. The minimum atomic E-state index is -1.46. The van der Waals surface area contributed by atoms with Gasteiger partial charge in [-0.3, -0.25) is 9.59 Å². The quantitative estimate of drug-likeness (QED) is 0.719. The lowest BCUT2D eigenvalue weighted by Crippen LogP contribution is -2.45. The lowest BCUT2D eigenvalue weighted by Gasteiger charge is -2.24. The molecule has 0 radical (unpaired) electrons. The maximum absolute atomic E-state index is 12.9. The minimum Gasteiger partial charge on any atom is -0.384 e. The topological polar surface area (TPSA) is 78.4 Å². The number of hydrogen-bond donors (Lipinski definition) is 3. The fourth-order valence-corrected chi connectivity index (χ4v) is 2.11. The van der Waals surface area contributed by atoms with E-state index in [1.54, 1.807) is 0 Å². The molecule has 0 saturated carbocycles. The lowest BCUT2D eigenvalue weighted by atomic mass is 9.96. The summed E-state index contributed by atoms with van der Waals surface area (Å²) in [5.41, 5.74) is -0.414. The molecule has 25 heavy (non-hydrogen) atoms. The van der Waals surface area contributed by atoms with E-state index in [9.17, 15) is 23.5 Å². The Labute approximate surface area is 143 Å². The Balaban J connectivity index is 1.85. The smallest absolute Gasteiger partial charge is 0.309 e. The molecule has 0 aromatic heterocycles. The van der Waals surface area contributed by atoms with E-state index in [0.29, 0.717) is 11.1 Å². The van der Waals surface area contributed by atoms with E-state index in [1.807, 2.05) is 0 Å². The molecule has 0 fully saturated rings. The molecular weight excluding hydrogens is 330 g/mol. The SMILES string of the molecule is CC(O)(CNC(=O)C(=O)NCc1ccc(F)cc1)c1ccc(F)cc1. The molecule has 0 aliphatic heterocycles. The Hall–Kier alpha value is -2.80. The second-order valence-electron chi connectivity index (χ2n) is 5.77. The molecule has 5 nitrogen and oxygen atoms in total. The highest BCUT2D eigenvalue weighted by atomic mass is 19.1. The first-order valence-corrected chi connectivity index (χ1v) is 7.57. The van der Waals surface area contributed by atoms with Crippen LogP contribution in [-0.4, -0.2) is 23.5 Å². The van der Waals surface area contributed by atoms with Gasteiger partial charge in [-0.1, -0.05) is 24.3 Å². The third-order valence-corrected chi connectivity index (χ3v) is 3.63. The molecule has 0 aliphatic rings. The van der Waals surface area contributed by atoms with Crippen molar-refractivity contribution < 1.29 is 23.5 Å². The van der Waals surface area contributed by atoms with Gasteiger partial charge in [-0.05, 0) is 42.3 Å². The molecule has 0 spiro atoms. The fourth-order valence-electron chi connectivity index (χ4n) is 2.11. The molecule has 2 aromatic carbocycles. The Morgan fingerprint density at radius 2 is 1.40 bits per heavy atom. The van der Waals surface area contributed by atoms with Crippen LogP contribution >= 0.6 is 0 Å². The van der Waals surface area contributed by atoms with E-state index < -0.39 is 29.0 Å². The molecule has 0 bridgehead atoms. The third-order valence-electron chi connectivity index (χ3n) is 3.63. The van der Waals surface area contributed by atoms with Gasteiger partial charge < -0.3 is 15.7 Å². The summed E-state index contributed by atoms with van der Waals surface area (Å²) in [4.78, 5) is 23.5. The molecule has 7 heteroatoms. The van der Waals surface area contributed by atoms with E-state index >= 15 is 0 Å². The first kappa shape index (κ1) is 18.5. The van der Waals surface area contributed by atoms with Gasteiger partial charge in [-0.15, -0.1) is 0 Å². The van der Waals surface area contributed by atoms with Crippen molar-refractivity contribution in [2.24, 2.45) is 0 Å². The van der Waals surface area contributed by atoms with E-state index in [4.69, 9.17) is 0 Å². The van der Waals surface area contributed by atoms with Crippen LogP contribution in [0.2, 0.25) is 0 Å². The minimum absolute atomic E-state index is 0.0703. The van der Waals surface area contributed by atoms with E-state index in [0.717, 1.165) is 0 Å². The molecule has 2 amide bonds. The molecule has 0 heterocycles. The highest BCUT2D eigenvalue weighted by Gasteiger charge is 2.25. The highest BCUT2D eigenvalue weighted by Crippen LogP contribution is 2.19. The summed E-state index contributed by atoms with van der Waals surface area (Å²) in [6, 6.07) is 10.7. The van der Waals surface area contributed by atoms with Crippen LogP contribution in [0.15, 0.2) is 48.5 Å². The Bertz CT molecular complexity index is 744. The number of nitrogens with one attached hydrogen (secondary N) is 2. The third kappa shape index (κ3) is 5.36. The van der Waals surface area contributed by atoms with Crippen LogP contribution in [0.5, 0.6) is 0 Å². The van der Waals surface area contributed by atoms with Crippen LogP contribution in [0.1, 0.15) is 18.1 Å². The molecule has 3 N–H and O–H groups in total. The zero-order valence-corrected chi connectivity index (χ0v) is 13.6. The zero-order valence-electron chi connectivity index (χ0n) is 13.6. The molecule has 0 aliphatic carbocycles. The summed E-state index contributed by atoms with van der Waals surface area (Å²) in [5.74, 6) is -2.62. The van der Waals surface area contributed by atoms with Crippen LogP contribution in [-0.2, 0) is 21.7 Å². The first-order chi connectivity index (χ1) is 11.8. The number of aliphatic hydroxyl groups is 1. The standard InChI is InChI=1S/C18H18F2N2O3/c1-18(25,13-4-8-15(20)9-5-13)11-22-17(24)16(23)21-10-12-2-6-14(19)7-3-12/h2-9,25H,10-11H2,1H3,(H,21,23)(H,22,24). The van der Waals surface area contributed by atoms with Crippen molar-refractivity contribution in [3.05, 3.63) is 71.3 Å². The van der Waals surface area contributed by atoms with E-state index in [-0.39, 0.29) is 13.1 Å². The first-order valence-electron chi connectivity index (χ1n) is 7.57. The maximum atomic E-state index is 12.9. The molecule has 0 saturated heterocycles. The molecule has 132 valence electrons.